The summed E-state index contributed by atoms with van der Waals surface area (Å²) in [5.41, 5.74) is 2.18. The minimum absolute atomic E-state index is 0.180. The third-order valence-corrected chi connectivity index (χ3v) is 4.37. The van der Waals surface area contributed by atoms with Gasteiger partial charge in [0.05, 0.1) is 5.69 Å². The summed E-state index contributed by atoms with van der Waals surface area (Å²) < 4.78 is 12.9. The number of hydrogen-bond acceptors (Lipinski definition) is 4. The Hall–Kier alpha value is -1.62. The lowest BCUT2D eigenvalue weighted by molar-refractivity contribution is 0.624. The molecule has 2 aromatic rings. The maximum absolute atomic E-state index is 12.9. The largest absolute Gasteiger partial charge is 0.368 e. The van der Waals surface area contributed by atoms with Crippen molar-refractivity contribution < 1.29 is 4.39 Å². The molecule has 5 heteroatoms. The normalized spacial score (nSPS) is 15.9. The van der Waals surface area contributed by atoms with Crippen LogP contribution in [-0.2, 0) is 0 Å². The number of anilines is 2. The second kappa shape index (κ2) is 5.17. The third kappa shape index (κ3) is 2.71. The monoisotopic (exact) mass is 277 g/mol. The fourth-order valence-corrected chi connectivity index (χ4v) is 3.15. The van der Waals surface area contributed by atoms with Gasteiger partial charge in [-0.3, -0.25) is 0 Å². The van der Waals surface area contributed by atoms with E-state index < -0.39 is 0 Å². The first-order chi connectivity index (χ1) is 9.22. The van der Waals surface area contributed by atoms with Gasteiger partial charge in [0.1, 0.15) is 5.82 Å². The van der Waals surface area contributed by atoms with E-state index in [-0.39, 0.29) is 5.82 Å². The van der Waals surface area contributed by atoms with E-state index in [0.717, 1.165) is 42.7 Å². The van der Waals surface area contributed by atoms with Crippen LogP contribution in [0.2, 0.25) is 0 Å². The van der Waals surface area contributed by atoms with Crippen molar-refractivity contribution in [2.45, 2.75) is 6.92 Å². The first-order valence-corrected chi connectivity index (χ1v) is 7.28. The molecule has 1 aliphatic rings. The van der Waals surface area contributed by atoms with Gasteiger partial charge in [0.2, 0.25) is 0 Å². The van der Waals surface area contributed by atoms with Gasteiger partial charge in [0.15, 0.2) is 5.13 Å². The van der Waals surface area contributed by atoms with Crippen LogP contribution in [0.15, 0.2) is 29.6 Å². The highest BCUT2D eigenvalue weighted by molar-refractivity contribution is 7.13. The first-order valence-electron chi connectivity index (χ1n) is 6.40. The molecule has 0 unspecified atom stereocenters. The van der Waals surface area contributed by atoms with Crippen LogP contribution in [0, 0.1) is 12.7 Å². The van der Waals surface area contributed by atoms with E-state index in [0.29, 0.717) is 0 Å². The number of aryl methyl sites for hydroxylation is 1. The van der Waals surface area contributed by atoms with Gasteiger partial charge in [-0.2, -0.15) is 0 Å². The predicted octanol–water partition coefficient (Wildman–Crippen LogP) is 2.92. The summed E-state index contributed by atoms with van der Waals surface area (Å²) in [4.78, 5) is 9.13. The molecule has 1 fully saturated rings. The Bertz CT molecular complexity index is 544. The molecular weight excluding hydrogens is 261 g/mol. The van der Waals surface area contributed by atoms with Crippen molar-refractivity contribution in [1.82, 2.24) is 4.98 Å². The van der Waals surface area contributed by atoms with Crippen molar-refractivity contribution in [3.8, 4) is 0 Å². The van der Waals surface area contributed by atoms with Gasteiger partial charge >= 0.3 is 0 Å². The minimum atomic E-state index is -0.180. The fourth-order valence-electron chi connectivity index (χ4n) is 2.29. The zero-order valence-electron chi connectivity index (χ0n) is 10.8. The number of piperazine rings is 1. The zero-order valence-corrected chi connectivity index (χ0v) is 11.7. The molecule has 1 saturated heterocycles. The molecule has 0 atom stereocenters. The molecule has 1 aromatic carbocycles. The van der Waals surface area contributed by atoms with Crippen LogP contribution in [0.3, 0.4) is 0 Å². The number of rotatable bonds is 2. The van der Waals surface area contributed by atoms with Crippen molar-refractivity contribution in [3.05, 3.63) is 41.2 Å². The quantitative estimate of drug-likeness (QED) is 0.841. The molecule has 100 valence electrons. The predicted molar refractivity (Wildman–Crippen MR) is 77.7 cm³/mol. The van der Waals surface area contributed by atoms with E-state index >= 15 is 0 Å². The molecule has 1 aromatic heterocycles. The van der Waals surface area contributed by atoms with Crippen LogP contribution in [0.5, 0.6) is 0 Å². The van der Waals surface area contributed by atoms with Gasteiger partial charge in [-0.05, 0) is 31.2 Å². The summed E-state index contributed by atoms with van der Waals surface area (Å²) in [5.74, 6) is -0.180. The Labute approximate surface area is 116 Å². The third-order valence-electron chi connectivity index (χ3n) is 3.35. The second-order valence-electron chi connectivity index (χ2n) is 4.72. The van der Waals surface area contributed by atoms with Gasteiger partial charge < -0.3 is 9.80 Å². The van der Waals surface area contributed by atoms with Crippen LogP contribution in [0.25, 0.3) is 0 Å². The van der Waals surface area contributed by atoms with Crippen molar-refractivity contribution in [2.24, 2.45) is 0 Å². The molecule has 0 N–H and O–H groups in total. The van der Waals surface area contributed by atoms with Crippen molar-refractivity contribution in [2.75, 3.05) is 36.0 Å². The highest BCUT2D eigenvalue weighted by Crippen LogP contribution is 2.23. The Morgan fingerprint density at radius 1 is 1.05 bits per heavy atom. The minimum Gasteiger partial charge on any atom is -0.368 e. The highest BCUT2D eigenvalue weighted by atomic mass is 32.1. The number of nitrogens with zero attached hydrogens (tertiary/aromatic N) is 3. The summed E-state index contributed by atoms with van der Waals surface area (Å²) in [6, 6.07) is 6.73. The summed E-state index contributed by atoms with van der Waals surface area (Å²) >= 11 is 1.70. The zero-order chi connectivity index (χ0) is 13.2. The number of halogens is 1. The lowest BCUT2D eigenvalue weighted by atomic mass is 10.2. The Balaban J connectivity index is 1.64. The number of thiazole rings is 1. The van der Waals surface area contributed by atoms with Crippen molar-refractivity contribution in [1.29, 1.82) is 0 Å². The smallest absolute Gasteiger partial charge is 0.185 e. The van der Waals surface area contributed by atoms with E-state index in [9.17, 15) is 4.39 Å². The van der Waals surface area contributed by atoms with Gasteiger partial charge in [-0.15, -0.1) is 11.3 Å². The Morgan fingerprint density at radius 3 is 2.26 bits per heavy atom. The molecular formula is C14H16FN3S. The summed E-state index contributed by atoms with van der Waals surface area (Å²) in [7, 11) is 0. The molecule has 0 aliphatic carbocycles. The molecule has 0 radical (unpaired) electrons. The number of aromatic nitrogens is 1. The molecule has 0 bridgehead atoms. The summed E-state index contributed by atoms with van der Waals surface area (Å²) in [6.45, 7) is 5.85. The maximum Gasteiger partial charge on any atom is 0.185 e. The second-order valence-corrected chi connectivity index (χ2v) is 5.56. The van der Waals surface area contributed by atoms with Gasteiger partial charge in [-0.1, -0.05) is 0 Å². The average molecular weight is 277 g/mol. The SMILES string of the molecule is Cc1csc(N2CCN(c3ccc(F)cc3)CC2)n1. The maximum atomic E-state index is 12.9. The van der Waals surface area contributed by atoms with E-state index in [1.54, 1.807) is 11.3 Å². The van der Waals surface area contributed by atoms with Crippen LogP contribution in [0.1, 0.15) is 5.69 Å². The lowest BCUT2D eigenvalue weighted by Crippen LogP contribution is -2.46. The Kier molecular flexibility index (Phi) is 3.38. The molecule has 0 saturated carbocycles. The van der Waals surface area contributed by atoms with E-state index in [4.69, 9.17) is 0 Å². The average Bonchev–Trinajstić information content (AvgIpc) is 2.87. The molecule has 2 heterocycles. The topological polar surface area (TPSA) is 19.4 Å². The van der Waals surface area contributed by atoms with E-state index in [1.807, 2.05) is 19.1 Å². The molecule has 19 heavy (non-hydrogen) atoms. The number of benzene rings is 1. The van der Waals surface area contributed by atoms with Crippen LogP contribution < -0.4 is 9.80 Å². The van der Waals surface area contributed by atoms with Crippen LogP contribution >= 0.6 is 11.3 Å². The summed E-state index contributed by atoms with van der Waals surface area (Å²) in [6.07, 6.45) is 0. The van der Waals surface area contributed by atoms with Gasteiger partial charge in [0.25, 0.3) is 0 Å². The molecule has 1 aliphatic heterocycles. The molecule has 3 nitrogen and oxygen atoms in total. The van der Waals surface area contributed by atoms with E-state index in [2.05, 4.69) is 20.2 Å². The van der Waals surface area contributed by atoms with Crippen molar-refractivity contribution in [3.63, 3.8) is 0 Å². The highest BCUT2D eigenvalue weighted by Gasteiger charge is 2.19. The van der Waals surface area contributed by atoms with Crippen molar-refractivity contribution >= 4 is 22.2 Å². The Morgan fingerprint density at radius 2 is 1.68 bits per heavy atom. The van der Waals surface area contributed by atoms with Gasteiger partial charge in [-0.25, -0.2) is 9.37 Å². The van der Waals surface area contributed by atoms with Crippen LogP contribution in [0.4, 0.5) is 15.2 Å². The lowest BCUT2D eigenvalue weighted by Gasteiger charge is -2.36. The molecule has 0 amide bonds. The van der Waals surface area contributed by atoms with Crippen LogP contribution in [-0.4, -0.2) is 31.2 Å². The first kappa shape index (κ1) is 12.4. The molecule has 0 spiro atoms. The standard InChI is InChI=1S/C14H16FN3S/c1-11-10-19-14(16-11)18-8-6-17(7-9-18)13-4-2-12(15)3-5-13/h2-5,10H,6-9H2,1H3. The fraction of sp³-hybridized carbons (Fsp3) is 0.357. The van der Waals surface area contributed by atoms with E-state index in [1.165, 1.54) is 12.1 Å². The molecule has 3 rings (SSSR count). The number of hydrogen-bond donors (Lipinski definition) is 0. The van der Waals surface area contributed by atoms with Gasteiger partial charge in [0, 0.05) is 37.2 Å². The summed E-state index contributed by atoms with van der Waals surface area (Å²) in [5, 5.41) is 3.19.